The zero-order valence-corrected chi connectivity index (χ0v) is 11.3. The molecule has 0 aromatic carbocycles. The van der Waals surface area contributed by atoms with Gasteiger partial charge >= 0.3 is 11.9 Å². The number of hydrogen-bond acceptors (Lipinski definition) is 5. The fraction of sp³-hybridized carbons (Fsp3) is 0.692. The molecule has 1 amide bonds. The van der Waals surface area contributed by atoms with Crippen LogP contribution < -0.4 is 0 Å². The third kappa shape index (κ3) is 2.81. The SMILES string of the molecule is CCOC(=O)C1C=NC2C(CC(=O)O)CCCN2C1=O. The highest BCUT2D eigenvalue weighted by Crippen LogP contribution is 2.30. The fourth-order valence-electron chi connectivity index (χ4n) is 2.74. The largest absolute Gasteiger partial charge is 0.481 e. The number of ether oxygens (including phenoxy) is 1. The number of nitrogens with zero attached hydrogens (tertiary/aromatic N) is 2. The molecule has 0 aliphatic carbocycles. The fourth-order valence-corrected chi connectivity index (χ4v) is 2.74. The van der Waals surface area contributed by atoms with E-state index < -0.39 is 24.0 Å². The molecule has 1 N–H and O–H groups in total. The van der Waals surface area contributed by atoms with Gasteiger partial charge in [-0.3, -0.25) is 19.4 Å². The third-order valence-corrected chi connectivity index (χ3v) is 3.63. The second-order valence-corrected chi connectivity index (χ2v) is 4.97. The van der Waals surface area contributed by atoms with Crippen LogP contribution in [0.1, 0.15) is 26.2 Å². The molecule has 1 fully saturated rings. The highest BCUT2D eigenvalue weighted by Gasteiger charge is 2.42. The second kappa shape index (κ2) is 6.02. The van der Waals surface area contributed by atoms with Crippen LogP contribution in [0.3, 0.4) is 0 Å². The number of fused-ring (bicyclic) bond motifs is 1. The lowest BCUT2D eigenvalue weighted by molar-refractivity contribution is -0.156. The normalized spacial score (nSPS) is 28.9. The molecule has 2 heterocycles. The molecule has 2 aliphatic heterocycles. The van der Waals surface area contributed by atoms with Gasteiger partial charge in [-0.1, -0.05) is 0 Å². The number of hydrogen-bond donors (Lipinski definition) is 1. The van der Waals surface area contributed by atoms with Crippen molar-refractivity contribution in [1.29, 1.82) is 0 Å². The Morgan fingerprint density at radius 1 is 1.55 bits per heavy atom. The Morgan fingerprint density at radius 3 is 2.95 bits per heavy atom. The van der Waals surface area contributed by atoms with Crippen molar-refractivity contribution in [2.75, 3.05) is 13.2 Å². The zero-order valence-electron chi connectivity index (χ0n) is 11.3. The van der Waals surface area contributed by atoms with E-state index in [0.717, 1.165) is 12.8 Å². The molecule has 3 atom stereocenters. The average molecular weight is 282 g/mol. The number of esters is 1. The Hall–Kier alpha value is -1.92. The van der Waals surface area contributed by atoms with Gasteiger partial charge in [0.1, 0.15) is 6.17 Å². The van der Waals surface area contributed by atoms with Crippen molar-refractivity contribution in [3.8, 4) is 0 Å². The highest BCUT2D eigenvalue weighted by atomic mass is 16.5. The molecule has 2 aliphatic rings. The molecule has 0 saturated carbocycles. The summed E-state index contributed by atoms with van der Waals surface area (Å²) in [5, 5.41) is 8.90. The molecule has 3 unspecified atom stereocenters. The lowest BCUT2D eigenvalue weighted by Crippen LogP contribution is -2.54. The van der Waals surface area contributed by atoms with Gasteiger partial charge < -0.3 is 14.7 Å². The molecule has 0 spiro atoms. The first-order chi connectivity index (χ1) is 9.54. The van der Waals surface area contributed by atoms with Crippen LogP contribution in [-0.4, -0.2) is 53.4 Å². The van der Waals surface area contributed by atoms with Crippen LogP contribution in [0.5, 0.6) is 0 Å². The molecule has 0 radical (unpaired) electrons. The maximum absolute atomic E-state index is 12.3. The van der Waals surface area contributed by atoms with Crippen molar-refractivity contribution in [1.82, 2.24) is 4.90 Å². The predicted octanol–water partition coefficient (Wildman–Crippen LogP) is 0.289. The Kier molecular flexibility index (Phi) is 4.36. The first-order valence-electron chi connectivity index (χ1n) is 6.76. The number of rotatable bonds is 4. The maximum Gasteiger partial charge on any atom is 0.324 e. The number of aliphatic carboxylic acids is 1. The topological polar surface area (TPSA) is 96.3 Å². The van der Waals surface area contributed by atoms with E-state index in [2.05, 4.69) is 4.99 Å². The van der Waals surface area contributed by atoms with E-state index in [1.165, 1.54) is 11.1 Å². The van der Waals surface area contributed by atoms with Gasteiger partial charge in [0, 0.05) is 18.7 Å². The van der Waals surface area contributed by atoms with Crippen LogP contribution in [0.25, 0.3) is 0 Å². The number of amides is 1. The number of carboxylic acids is 1. The van der Waals surface area contributed by atoms with E-state index >= 15 is 0 Å². The first kappa shape index (κ1) is 14.5. The molecule has 20 heavy (non-hydrogen) atoms. The monoisotopic (exact) mass is 282 g/mol. The van der Waals surface area contributed by atoms with Crippen LogP contribution in [0, 0.1) is 11.8 Å². The van der Waals surface area contributed by atoms with Gasteiger partial charge in [0.05, 0.1) is 13.0 Å². The van der Waals surface area contributed by atoms with Crippen molar-refractivity contribution in [3.63, 3.8) is 0 Å². The molecule has 1 saturated heterocycles. The summed E-state index contributed by atoms with van der Waals surface area (Å²) in [6.45, 7) is 2.39. The first-order valence-corrected chi connectivity index (χ1v) is 6.76. The summed E-state index contributed by atoms with van der Waals surface area (Å²) in [6, 6.07) is 0. The minimum Gasteiger partial charge on any atom is -0.481 e. The molecular formula is C13H18N2O5. The molecule has 7 nitrogen and oxygen atoms in total. The van der Waals surface area contributed by atoms with Crippen molar-refractivity contribution in [3.05, 3.63) is 0 Å². The van der Waals surface area contributed by atoms with Crippen molar-refractivity contribution in [2.45, 2.75) is 32.4 Å². The molecule has 110 valence electrons. The Balaban J connectivity index is 2.15. The number of carbonyl (C=O) groups excluding carboxylic acids is 2. The van der Waals surface area contributed by atoms with Gasteiger partial charge in [0.25, 0.3) is 0 Å². The number of carboxylic acid groups (broad SMARTS) is 1. The summed E-state index contributed by atoms with van der Waals surface area (Å²) in [4.78, 5) is 40.6. The van der Waals surface area contributed by atoms with E-state index in [0.29, 0.717) is 6.54 Å². The van der Waals surface area contributed by atoms with Gasteiger partial charge in [0.2, 0.25) is 5.91 Å². The lowest BCUT2D eigenvalue weighted by Gasteiger charge is -2.41. The van der Waals surface area contributed by atoms with Crippen LogP contribution in [0.2, 0.25) is 0 Å². The van der Waals surface area contributed by atoms with E-state index in [1.54, 1.807) is 6.92 Å². The zero-order chi connectivity index (χ0) is 14.7. The average Bonchev–Trinajstić information content (AvgIpc) is 2.39. The van der Waals surface area contributed by atoms with Crippen molar-refractivity contribution in [2.24, 2.45) is 16.8 Å². The standard InChI is InChI=1S/C13H18N2O5/c1-2-20-13(19)9-7-14-11-8(6-10(16)17)4-3-5-15(11)12(9)18/h7-9,11H,2-6H2,1H3,(H,16,17). The van der Waals surface area contributed by atoms with Crippen LogP contribution >= 0.6 is 0 Å². The number of carbonyl (C=O) groups is 3. The molecule has 0 aromatic heterocycles. The Morgan fingerprint density at radius 2 is 2.30 bits per heavy atom. The summed E-state index contributed by atoms with van der Waals surface area (Å²) in [5.74, 6) is -3.01. The Labute approximate surface area is 116 Å². The van der Waals surface area contributed by atoms with E-state index in [-0.39, 0.29) is 24.9 Å². The Bertz CT molecular complexity index is 448. The molecule has 0 bridgehead atoms. The quantitative estimate of drug-likeness (QED) is 0.590. The van der Waals surface area contributed by atoms with Gasteiger partial charge in [-0.05, 0) is 19.8 Å². The number of piperidine rings is 1. The van der Waals surface area contributed by atoms with Crippen LogP contribution in [0.15, 0.2) is 4.99 Å². The van der Waals surface area contributed by atoms with Crippen molar-refractivity contribution < 1.29 is 24.2 Å². The maximum atomic E-state index is 12.3. The second-order valence-electron chi connectivity index (χ2n) is 4.97. The van der Waals surface area contributed by atoms with Crippen LogP contribution in [-0.2, 0) is 19.1 Å². The van der Waals surface area contributed by atoms with Gasteiger partial charge in [-0.15, -0.1) is 0 Å². The lowest BCUT2D eigenvalue weighted by atomic mass is 9.89. The van der Waals surface area contributed by atoms with Gasteiger partial charge in [-0.2, -0.15) is 0 Å². The van der Waals surface area contributed by atoms with Crippen LogP contribution in [0.4, 0.5) is 0 Å². The predicted molar refractivity (Wildman–Crippen MR) is 69.1 cm³/mol. The minimum atomic E-state index is -0.991. The van der Waals surface area contributed by atoms with E-state index in [9.17, 15) is 14.4 Å². The minimum absolute atomic E-state index is 0.0180. The van der Waals surface area contributed by atoms with E-state index in [4.69, 9.17) is 9.84 Å². The molecular weight excluding hydrogens is 264 g/mol. The summed E-state index contributed by atoms with van der Waals surface area (Å²) < 4.78 is 4.85. The van der Waals surface area contributed by atoms with Gasteiger partial charge in [0.15, 0.2) is 5.92 Å². The highest BCUT2D eigenvalue weighted by molar-refractivity contribution is 6.12. The summed E-state index contributed by atoms with van der Waals surface area (Å²) in [5.41, 5.74) is 0. The number of aliphatic imine (C=N–C) groups is 1. The smallest absolute Gasteiger partial charge is 0.324 e. The summed E-state index contributed by atoms with van der Waals surface area (Å²) in [6.07, 6.45) is 2.28. The molecule has 2 rings (SSSR count). The van der Waals surface area contributed by atoms with Crippen molar-refractivity contribution >= 4 is 24.1 Å². The van der Waals surface area contributed by atoms with Gasteiger partial charge in [-0.25, -0.2) is 0 Å². The molecule has 7 heteroatoms. The third-order valence-electron chi connectivity index (χ3n) is 3.63. The summed E-state index contributed by atoms with van der Waals surface area (Å²) >= 11 is 0. The van der Waals surface area contributed by atoms with E-state index in [1.807, 2.05) is 0 Å². The summed E-state index contributed by atoms with van der Waals surface area (Å²) in [7, 11) is 0. The molecule has 0 aromatic rings.